The maximum atomic E-state index is 13.7. The Morgan fingerprint density at radius 1 is 0.700 bits per heavy atom. The molecule has 2 heterocycles. The van der Waals surface area contributed by atoms with Crippen molar-refractivity contribution in [3.8, 4) is 51.7 Å². The maximum Gasteiger partial charge on any atom is 0.330 e. The van der Waals surface area contributed by atoms with Crippen LogP contribution in [0.25, 0.3) is 6.08 Å². The molecule has 1 amide bonds. The van der Waals surface area contributed by atoms with Crippen molar-refractivity contribution in [2.75, 3.05) is 81.4 Å². The molecule has 1 saturated heterocycles. The standard InChI is InChI=1S/C32H48N2O5.C28H28O13/c1-8-9-10-11-24(31-28(37-6)20-25(36-5)21-29(31)38-7)19-30(35)33-27-18-23(12-13-26(27)32(2,3)4)22-34-14-16-39-17-15-34;1-13(29)38-19-10-9-17(24(36-6)26(19)39-14(2)30)23-21(28(33)37-7)18-12-16(8-11-20(32)34-4)22(35-5)27(25(18)41-23)40-15(3)31/h12-13,18,20-21,24H,8-11,14-17,19,22H2,1-7H3,(H,33,35);8-12,21,23H,1-7H3/b;11-8+. The van der Waals surface area contributed by atoms with Gasteiger partial charge in [-0.25, -0.2) is 4.79 Å². The number of esters is 5. The van der Waals surface area contributed by atoms with E-state index < -0.39 is 41.9 Å². The molecule has 0 radical (unpaired) electrons. The summed E-state index contributed by atoms with van der Waals surface area (Å²) in [4.78, 5) is 76.8. The fraction of sp³-hybridized carbons (Fsp3) is 0.467. The number of nitrogens with zero attached hydrogens (tertiary/aromatic N) is 1. The molecule has 434 valence electrons. The Labute approximate surface area is 468 Å². The lowest BCUT2D eigenvalue weighted by Crippen LogP contribution is -2.35. The highest BCUT2D eigenvalue weighted by Gasteiger charge is 2.47. The van der Waals surface area contributed by atoms with Gasteiger partial charge in [-0.1, -0.05) is 59.1 Å². The summed E-state index contributed by atoms with van der Waals surface area (Å²) in [5.74, 6) is -3.33. The topological polar surface area (TPSA) is 228 Å². The van der Waals surface area contributed by atoms with Crippen LogP contribution in [-0.2, 0) is 54.9 Å². The molecular formula is C60H76N2O18. The zero-order valence-electron chi connectivity index (χ0n) is 48.4. The SMILES string of the molecule is CCCCCC(CC(=O)Nc1cc(CN2CCOCC2)ccc1C(C)(C)C)c1c(OC)cc(OC)cc1OC.COC(=O)/C=C/c1cc2c(c(OC(C)=O)c1OC)OC(c1ccc(OC(C)=O)c(OC(C)=O)c1OC)C2C(=O)OC. The number of methoxy groups -OCH3 is 7. The van der Waals surface area contributed by atoms with Crippen molar-refractivity contribution in [2.24, 2.45) is 0 Å². The van der Waals surface area contributed by atoms with Crippen LogP contribution in [-0.4, -0.2) is 117 Å². The second-order valence-corrected chi connectivity index (χ2v) is 19.8. The number of rotatable bonds is 22. The van der Waals surface area contributed by atoms with Gasteiger partial charge >= 0.3 is 29.8 Å². The molecule has 6 rings (SSSR count). The molecule has 20 nitrogen and oxygen atoms in total. The lowest BCUT2D eigenvalue weighted by atomic mass is 9.84. The van der Waals surface area contributed by atoms with Gasteiger partial charge in [0.1, 0.15) is 29.3 Å². The number of benzene rings is 4. The number of carbonyl (C=O) groups excluding carboxylic acids is 6. The minimum Gasteiger partial charge on any atom is -0.496 e. The highest BCUT2D eigenvalue weighted by atomic mass is 16.6. The zero-order chi connectivity index (χ0) is 58.8. The third-order valence-corrected chi connectivity index (χ3v) is 13.2. The molecule has 2 aliphatic rings. The molecule has 4 aromatic rings. The van der Waals surface area contributed by atoms with Gasteiger partial charge in [0.25, 0.3) is 0 Å². The monoisotopic (exact) mass is 1110 g/mol. The summed E-state index contributed by atoms with van der Waals surface area (Å²) in [6.45, 7) is 16.4. The van der Waals surface area contributed by atoms with Crippen LogP contribution in [0.2, 0.25) is 0 Å². The summed E-state index contributed by atoms with van der Waals surface area (Å²) in [6.07, 6.45) is 5.72. The molecule has 1 N–H and O–H groups in total. The molecule has 0 bridgehead atoms. The molecule has 3 unspecified atom stereocenters. The highest BCUT2D eigenvalue weighted by molar-refractivity contribution is 5.93. The quantitative estimate of drug-likeness (QED) is 0.0334. The number of carbonyl (C=O) groups is 6. The van der Waals surface area contributed by atoms with Gasteiger partial charge in [-0.3, -0.25) is 28.9 Å². The third kappa shape index (κ3) is 16.1. The Hall–Kier alpha value is -7.84. The average Bonchev–Trinajstić information content (AvgIpc) is 3.81. The number of hydrogen-bond acceptors (Lipinski definition) is 19. The van der Waals surface area contributed by atoms with E-state index in [-0.39, 0.29) is 68.4 Å². The van der Waals surface area contributed by atoms with Crippen molar-refractivity contribution in [1.82, 2.24) is 4.90 Å². The number of ether oxygens (including phenoxy) is 12. The maximum absolute atomic E-state index is 13.7. The van der Waals surface area contributed by atoms with Crippen molar-refractivity contribution in [2.45, 2.75) is 110 Å². The molecule has 20 heteroatoms. The molecule has 0 aliphatic carbocycles. The molecular weight excluding hydrogens is 1040 g/mol. The van der Waals surface area contributed by atoms with Crippen LogP contribution < -0.4 is 47.9 Å². The first-order valence-corrected chi connectivity index (χ1v) is 26.2. The number of unbranched alkanes of at least 4 members (excludes halogenated alkanes) is 2. The van der Waals surface area contributed by atoms with Crippen molar-refractivity contribution in [3.05, 3.63) is 88.0 Å². The second-order valence-electron chi connectivity index (χ2n) is 19.8. The summed E-state index contributed by atoms with van der Waals surface area (Å²) in [5.41, 5.74) is 4.70. The number of nitrogens with one attached hydrogen (secondary N) is 1. The molecule has 0 aromatic heterocycles. The first-order valence-electron chi connectivity index (χ1n) is 26.2. The van der Waals surface area contributed by atoms with Gasteiger partial charge in [0.15, 0.2) is 23.0 Å². The largest absolute Gasteiger partial charge is 0.496 e. The number of anilines is 1. The number of hydrogen-bond donors (Lipinski definition) is 1. The summed E-state index contributed by atoms with van der Waals surface area (Å²) in [6, 6.07) is 14.5. The van der Waals surface area contributed by atoms with Gasteiger partial charge in [0.05, 0.1) is 63.0 Å². The first kappa shape index (κ1) is 63.0. The Balaban J connectivity index is 0.000000294. The van der Waals surface area contributed by atoms with Crippen molar-refractivity contribution < 1.29 is 85.6 Å². The van der Waals surface area contributed by atoms with Crippen LogP contribution in [0.1, 0.15) is 132 Å². The van der Waals surface area contributed by atoms with Crippen LogP contribution in [0, 0.1) is 0 Å². The van der Waals surface area contributed by atoms with E-state index in [2.05, 4.69) is 60.8 Å². The van der Waals surface area contributed by atoms with Crippen LogP contribution in [0.5, 0.6) is 51.7 Å². The molecule has 2 aliphatic heterocycles. The molecule has 1 fully saturated rings. The lowest BCUT2D eigenvalue weighted by molar-refractivity contribution is -0.144. The lowest BCUT2D eigenvalue weighted by Gasteiger charge is -2.28. The fourth-order valence-corrected chi connectivity index (χ4v) is 9.58. The van der Waals surface area contributed by atoms with E-state index in [1.807, 2.05) is 12.1 Å². The number of fused-ring (bicyclic) bond motifs is 1. The minimum atomic E-state index is -1.19. The van der Waals surface area contributed by atoms with Crippen LogP contribution in [0.4, 0.5) is 5.69 Å². The number of morpholine rings is 1. The Morgan fingerprint density at radius 2 is 1.34 bits per heavy atom. The van der Waals surface area contributed by atoms with Gasteiger partial charge in [-0.15, -0.1) is 0 Å². The Morgan fingerprint density at radius 3 is 1.89 bits per heavy atom. The molecule has 3 atom stereocenters. The van der Waals surface area contributed by atoms with Crippen LogP contribution >= 0.6 is 0 Å². The van der Waals surface area contributed by atoms with E-state index in [1.54, 1.807) is 21.3 Å². The molecule has 80 heavy (non-hydrogen) atoms. The fourth-order valence-electron chi connectivity index (χ4n) is 9.58. The predicted molar refractivity (Wildman–Crippen MR) is 297 cm³/mol. The summed E-state index contributed by atoms with van der Waals surface area (Å²) < 4.78 is 65.4. The van der Waals surface area contributed by atoms with Gasteiger partial charge in [0, 0.05) is 93.0 Å². The van der Waals surface area contributed by atoms with E-state index in [1.165, 1.54) is 58.3 Å². The van der Waals surface area contributed by atoms with Crippen LogP contribution in [0.15, 0.2) is 54.6 Å². The molecule has 0 spiro atoms. The summed E-state index contributed by atoms with van der Waals surface area (Å²) in [5, 5.41) is 3.29. The number of amides is 1. The molecule has 4 aromatic carbocycles. The zero-order valence-corrected chi connectivity index (χ0v) is 48.4. The van der Waals surface area contributed by atoms with Crippen LogP contribution in [0.3, 0.4) is 0 Å². The van der Waals surface area contributed by atoms with Gasteiger partial charge in [0.2, 0.25) is 17.4 Å². The van der Waals surface area contributed by atoms with Gasteiger partial charge in [-0.05, 0) is 59.2 Å². The Bertz CT molecular complexity index is 2860. The smallest absolute Gasteiger partial charge is 0.330 e. The second kappa shape index (κ2) is 29.4. The van der Waals surface area contributed by atoms with Crippen molar-refractivity contribution in [1.29, 1.82) is 0 Å². The van der Waals surface area contributed by atoms with Crippen molar-refractivity contribution >= 4 is 47.5 Å². The van der Waals surface area contributed by atoms with E-state index in [4.69, 9.17) is 52.1 Å². The normalized spacial score (nSPS) is 15.2. The van der Waals surface area contributed by atoms with E-state index >= 15 is 0 Å². The Kier molecular flexibility index (Phi) is 23.1. The third-order valence-electron chi connectivity index (χ3n) is 13.2. The summed E-state index contributed by atoms with van der Waals surface area (Å²) >= 11 is 0. The van der Waals surface area contributed by atoms with E-state index in [0.717, 1.165) is 102 Å². The van der Waals surface area contributed by atoms with E-state index in [0.29, 0.717) is 23.7 Å². The predicted octanol–water partition coefficient (Wildman–Crippen LogP) is 9.59. The minimum absolute atomic E-state index is 0.00885. The van der Waals surface area contributed by atoms with Gasteiger partial charge in [-0.2, -0.15) is 0 Å². The van der Waals surface area contributed by atoms with Gasteiger partial charge < -0.3 is 62.2 Å². The van der Waals surface area contributed by atoms with E-state index in [9.17, 15) is 28.8 Å². The molecule has 0 saturated carbocycles. The first-order chi connectivity index (χ1) is 38.2. The summed E-state index contributed by atoms with van der Waals surface area (Å²) in [7, 11) is 9.90. The average molecular weight is 1110 g/mol. The highest BCUT2D eigenvalue weighted by Crippen LogP contribution is 2.58. The van der Waals surface area contributed by atoms with Crippen molar-refractivity contribution in [3.63, 3.8) is 0 Å².